The second-order valence-corrected chi connectivity index (χ2v) is 6.56. The van der Waals surface area contributed by atoms with Crippen molar-refractivity contribution in [3.63, 3.8) is 0 Å². The fourth-order valence-electron chi connectivity index (χ4n) is 2.32. The molecule has 0 saturated carbocycles. The van der Waals surface area contributed by atoms with E-state index in [4.69, 9.17) is 16.3 Å². The van der Waals surface area contributed by atoms with Crippen LogP contribution in [-0.2, 0) is 12.5 Å². The number of aliphatic hydroxyl groups excluding tert-OH is 1. The number of aryl methyl sites for hydroxylation is 1. The number of nitrogens with zero attached hydrogens (tertiary/aromatic N) is 2. The summed E-state index contributed by atoms with van der Waals surface area (Å²) in [6.07, 6.45) is 1.09. The number of halogens is 1. The van der Waals surface area contributed by atoms with Crippen LogP contribution < -0.4 is 4.74 Å². The fraction of sp³-hybridized carbons (Fsp3) is 0.438. The summed E-state index contributed by atoms with van der Waals surface area (Å²) in [6.45, 7) is 6.23. The zero-order chi connectivity index (χ0) is 15.8. The summed E-state index contributed by atoms with van der Waals surface area (Å²) in [4.78, 5) is 0. The summed E-state index contributed by atoms with van der Waals surface area (Å²) in [5, 5.41) is 15.7. The number of hydrogen-bond acceptors (Lipinski definition) is 3. The van der Waals surface area contributed by atoms with Crippen LogP contribution in [0.25, 0.3) is 0 Å². The quantitative estimate of drug-likeness (QED) is 0.944. The predicted octanol–water partition coefficient (Wildman–Crippen LogP) is 3.46. The van der Waals surface area contributed by atoms with Crippen molar-refractivity contribution in [3.05, 3.63) is 46.2 Å². The molecule has 2 rings (SSSR count). The summed E-state index contributed by atoms with van der Waals surface area (Å²) in [5.41, 5.74) is 2.27. The number of benzene rings is 1. The van der Waals surface area contributed by atoms with E-state index in [1.165, 1.54) is 0 Å². The van der Waals surface area contributed by atoms with E-state index in [1.807, 2.05) is 13.2 Å². The van der Waals surface area contributed by atoms with Crippen LogP contribution in [0.3, 0.4) is 0 Å². The molecule has 0 fully saturated rings. The van der Waals surface area contributed by atoms with E-state index >= 15 is 0 Å². The molecule has 0 amide bonds. The van der Waals surface area contributed by atoms with Gasteiger partial charge in [0.1, 0.15) is 11.9 Å². The monoisotopic (exact) mass is 308 g/mol. The van der Waals surface area contributed by atoms with Crippen LogP contribution in [0.1, 0.15) is 43.7 Å². The van der Waals surface area contributed by atoms with Gasteiger partial charge in [0.05, 0.1) is 17.8 Å². The van der Waals surface area contributed by atoms with E-state index in [2.05, 4.69) is 25.9 Å². The Balaban J connectivity index is 2.47. The molecule has 1 heterocycles. The van der Waals surface area contributed by atoms with E-state index < -0.39 is 6.10 Å². The van der Waals surface area contributed by atoms with Gasteiger partial charge in [-0.1, -0.05) is 38.4 Å². The normalized spacial score (nSPS) is 13.3. The van der Waals surface area contributed by atoms with Crippen LogP contribution in [0.2, 0.25) is 5.02 Å². The second-order valence-electron chi connectivity index (χ2n) is 6.15. The van der Waals surface area contributed by atoms with Crippen molar-refractivity contribution in [2.75, 3.05) is 7.11 Å². The minimum Gasteiger partial charge on any atom is -0.495 e. The number of aromatic nitrogens is 2. The third-order valence-electron chi connectivity index (χ3n) is 3.35. The summed E-state index contributed by atoms with van der Waals surface area (Å²) in [7, 11) is 3.41. The Kier molecular flexibility index (Phi) is 4.30. The van der Waals surface area contributed by atoms with Crippen LogP contribution in [0, 0.1) is 0 Å². The highest BCUT2D eigenvalue weighted by molar-refractivity contribution is 6.32. The fourth-order valence-corrected chi connectivity index (χ4v) is 2.51. The van der Waals surface area contributed by atoms with Crippen molar-refractivity contribution in [2.24, 2.45) is 7.05 Å². The number of rotatable bonds is 3. The first-order chi connectivity index (χ1) is 9.74. The molecule has 0 aliphatic rings. The van der Waals surface area contributed by atoms with Crippen molar-refractivity contribution in [3.8, 4) is 5.75 Å². The molecule has 1 atom stereocenters. The molecule has 0 aliphatic carbocycles. The molecule has 2 aromatic rings. The molecule has 0 spiro atoms. The van der Waals surface area contributed by atoms with Crippen molar-refractivity contribution in [1.82, 2.24) is 9.78 Å². The van der Waals surface area contributed by atoms with Crippen LogP contribution in [-0.4, -0.2) is 22.0 Å². The van der Waals surface area contributed by atoms with Crippen LogP contribution in [0.15, 0.2) is 24.4 Å². The van der Waals surface area contributed by atoms with Crippen molar-refractivity contribution >= 4 is 11.6 Å². The van der Waals surface area contributed by atoms with E-state index in [-0.39, 0.29) is 5.41 Å². The van der Waals surface area contributed by atoms with Gasteiger partial charge in [0.2, 0.25) is 0 Å². The van der Waals surface area contributed by atoms with Crippen molar-refractivity contribution < 1.29 is 9.84 Å². The Morgan fingerprint density at radius 2 is 2.00 bits per heavy atom. The standard InChI is InChI=1S/C16H21ClN2O2/c1-16(2,3)15-11(9-19(4)18-15)14(20)10-6-7-12(17)13(8-10)21-5/h6-9,14,20H,1-5H3. The summed E-state index contributed by atoms with van der Waals surface area (Å²) in [6, 6.07) is 5.29. The molecule has 1 N–H and O–H groups in total. The zero-order valence-electron chi connectivity index (χ0n) is 13.0. The van der Waals surface area contributed by atoms with E-state index in [1.54, 1.807) is 30.0 Å². The Hall–Kier alpha value is -1.52. The molecule has 21 heavy (non-hydrogen) atoms. The maximum Gasteiger partial charge on any atom is 0.137 e. The minimum atomic E-state index is -0.765. The molecule has 4 nitrogen and oxygen atoms in total. The highest BCUT2D eigenvalue weighted by Gasteiger charge is 2.26. The highest BCUT2D eigenvalue weighted by atomic mass is 35.5. The average molecular weight is 309 g/mol. The summed E-state index contributed by atoms with van der Waals surface area (Å²) >= 11 is 6.03. The molecule has 1 unspecified atom stereocenters. The average Bonchev–Trinajstić information content (AvgIpc) is 2.80. The van der Waals surface area contributed by atoms with Gasteiger partial charge in [-0.05, 0) is 17.7 Å². The lowest BCUT2D eigenvalue weighted by Gasteiger charge is -2.20. The van der Waals surface area contributed by atoms with E-state index in [9.17, 15) is 5.11 Å². The first-order valence-electron chi connectivity index (χ1n) is 6.79. The Morgan fingerprint density at radius 3 is 2.57 bits per heavy atom. The van der Waals surface area contributed by atoms with Gasteiger partial charge in [-0.25, -0.2) is 0 Å². The molecule has 5 heteroatoms. The Bertz CT molecular complexity index is 644. The lowest BCUT2D eigenvalue weighted by atomic mass is 9.87. The van der Waals surface area contributed by atoms with Crippen LogP contribution >= 0.6 is 11.6 Å². The van der Waals surface area contributed by atoms with Crippen LogP contribution in [0.4, 0.5) is 0 Å². The lowest BCUT2D eigenvalue weighted by molar-refractivity contribution is 0.217. The van der Waals surface area contributed by atoms with Crippen molar-refractivity contribution in [1.29, 1.82) is 0 Å². The topological polar surface area (TPSA) is 47.3 Å². The first-order valence-corrected chi connectivity index (χ1v) is 7.17. The maximum absolute atomic E-state index is 10.7. The summed E-state index contributed by atoms with van der Waals surface area (Å²) in [5.74, 6) is 0.550. The smallest absolute Gasteiger partial charge is 0.137 e. The maximum atomic E-state index is 10.7. The number of hydrogen-bond donors (Lipinski definition) is 1. The molecule has 0 bridgehead atoms. The molecule has 0 saturated heterocycles. The Labute approximate surface area is 130 Å². The summed E-state index contributed by atoms with van der Waals surface area (Å²) < 4.78 is 6.94. The number of aliphatic hydroxyl groups is 1. The third kappa shape index (κ3) is 3.22. The molecule has 0 aliphatic heterocycles. The molecular formula is C16H21ClN2O2. The second kappa shape index (κ2) is 5.70. The molecule has 1 aromatic heterocycles. The predicted molar refractivity (Wildman–Crippen MR) is 84.0 cm³/mol. The first kappa shape index (κ1) is 15.9. The van der Waals surface area contributed by atoms with Crippen molar-refractivity contribution in [2.45, 2.75) is 32.3 Å². The van der Waals surface area contributed by atoms with Gasteiger partial charge in [0.25, 0.3) is 0 Å². The third-order valence-corrected chi connectivity index (χ3v) is 3.67. The SMILES string of the molecule is COc1cc(C(O)c2cn(C)nc2C(C)(C)C)ccc1Cl. The molecule has 0 radical (unpaired) electrons. The number of ether oxygens (including phenoxy) is 1. The van der Waals surface area contributed by atoms with E-state index in [0.29, 0.717) is 10.8 Å². The van der Waals surface area contributed by atoms with Gasteiger partial charge < -0.3 is 9.84 Å². The van der Waals surface area contributed by atoms with Crippen LogP contribution in [0.5, 0.6) is 5.75 Å². The molecule has 114 valence electrons. The lowest BCUT2D eigenvalue weighted by Crippen LogP contribution is -2.16. The largest absolute Gasteiger partial charge is 0.495 e. The van der Waals surface area contributed by atoms with Gasteiger partial charge in [-0.15, -0.1) is 0 Å². The van der Waals surface area contributed by atoms with Gasteiger partial charge in [0, 0.05) is 24.2 Å². The molecule has 1 aromatic carbocycles. The number of methoxy groups -OCH3 is 1. The highest BCUT2D eigenvalue weighted by Crippen LogP contribution is 2.34. The van der Waals surface area contributed by atoms with E-state index in [0.717, 1.165) is 16.8 Å². The van der Waals surface area contributed by atoms with Gasteiger partial charge in [-0.2, -0.15) is 5.10 Å². The van der Waals surface area contributed by atoms with Gasteiger partial charge in [0.15, 0.2) is 0 Å². The zero-order valence-corrected chi connectivity index (χ0v) is 13.8. The van der Waals surface area contributed by atoms with Gasteiger partial charge >= 0.3 is 0 Å². The van der Waals surface area contributed by atoms with Gasteiger partial charge in [-0.3, -0.25) is 4.68 Å². The Morgan fingerprint density at radius 1 is 1.33 bits per heavy atom. The minimum absolute atomic E-state index is 0.145. The molecular weight excluding hydrogens is 288 g/mol.